The topological polar surface area (TPSA) is 68.3 Å². The van der Waals surface area contributed by atoms with Crippen LogP contribution in [0.2, 0.25) is 0 Å². The lowest BCUT2D eigenvalue weighted by Gasteiger charge is -2.13. The van der Waals surface area contributed by atoms with Crippen molar-refractivity contribution in [1.29, 1.82) is 0 Å². The van der Waals surface area contributed by atoms with Crippen LogP contribution in [0, 0.1) is 6.92 Å². The summed E-state index contributed by atoms with van der Waals surface area (Å²) in [6.45, 7) is 6.04. The minimum Gasteiger partial charge on any atom is -0.495 e. The SMILES string of the molecule is COc1ccc(C)cc1Nc1ccnc(Nc2ccc(OC(C)C)cc2)n1. The molecule has 0 atom stereocenters. The molecule has 0 amide bonds. The molecule has 0 radical (unpaired) electrons. The first kappa shape index (κ1) is 18.5. The molecule has 3 aromatic rings. The molecule has 27 heavy (non-hydrogen) atoms. The van der Waals surface area contributed by atoms with E-state index in [9.17, 15) is 0 Å². The van der Waals surface area contributed by atoms with Gasteiger partial charge in [0.15, 0.2) is 0 Å². The molecular weight excluding hydrogens is 340 g/mol. The molecule has 140 valence electrons. The lowest BCUT2D eigenvalue weighted by atomic mass is 10.2. The van der Waals surface area contributed by atoms with Crippen molar-refractivity contribution in [3.05, 3.63) is 60.3 Å². The summed E-state index contributed by atoms with van der Waals surface area (Å²) in [5, 5.41) is 6.49. The van der Waals surface area contributed by atoms with Gasteiger partial charge in [0.1, 0.15) is 17.3 Å². The fourth-order valence-electron chi connectivity index (χ4n) is 2.56. The fraction of sp³-hybridized carbons (Fsp3) is 0.238. The molecule has 0 bridgehead atoms. The van der Waals surface area contributed by atoms with E-state index in [-0.39, 0.29) is 6.10 Å². The van der Waals surface area contributed by atoms with E-state index >= 15 is 0 Å². The molecule has 2 N–H and O–H groups in total. The van der Waals surface area contributed by atoms with Gasteiger partial charge in [0.05, 0.1) is 18.9 Å². The van der Waals surface area contributed by atoms with Gasteiger partial charge in [0.2, 0.25) is 5.95 Å². The van der Waals surface area contributed by atoms with Gasteiger partial charge in [-0.25, -0.2) is 4.98 Å². The highest BCUT2D eigenvalue weighted by Gasteiger charge is 2.06. The molecule has 0 spiro atoms. The monoisotopic (exact) mass is 364 g/mol. The summed E-state index contributed by atoms with van der Waals surface area (Å²) in [6, 6.07) is 15.5. The zero-order valence-electron chi connectivity index (χ0n) is 16.0. The predicted molar refractivity (Wildman–Crippen MR) is 109 cm³/mol. The number of ether oxygens (including phenoxy) is 2. The molecule has 0 unspecified atom stereocenters. The third kappa shape index (κ3) is 5.10. The Morgan fingerprint density at radius 1 is 0.963 bits per heavy atom. The molecule has 0 fully saturated rings. The van der Waals surface area contributed by atoms with Crippen LogP contribution in [-0.2, 0) is 0 Å². The normalized spacial score (nSPS) is 10.6. The van der Waals surface area contributed by atoms with Gasteiger partial charge in [-0.3, -0.25) is 0 Å². The molecule has 0 saturated carbocycles. The molecule has 3 rings (SSSR count). The van der Waals surface area contributed by atoms with E-state index in [2.05, 4.69) is 20.6 Å². The zero-order valence-corrected chi connectivity index (χ0v) is 16.0. The second-order valence-corrected chi connectivity index (χ2v) is 6.41. The van der Waals surface area contributed by atoms with Gasteiger partial charge in [0, 0.05) is 11.9 Å². The summed E-state index contributed by atoms with van der Waals surface area (Å²) in [6.07, 6.45) is 1.85. The van der Waals surface area contributed by atoms with E-state index in [1.54, 1.807) is 13.3 Å². The van der Waals surface area contributed by atoms with E-state index in [0.29, 0.717) is 11.8 Å². The lowest BCUT2D eigenvalue weighted by molar-refractivity contribution is 0.242. The Labute approximate surface area is 159 Å². The Morgan fingerprint density at radius 3 is 2.44 bits per heavy atom. The quantitative estimate of drug-likeness (QED) is 0.610. The first-order valence-electron chi connectivity index (χ1n) is 8.82. The van der Waals surface area contributed by atoms with E-state index in [0.717, 1.165) is 28.4 Å². The molecule has 0 aliphatic rings. The highest BCUT2D eigenvalue weighted by Crippen LogP contribution is 2.28. The van der Waals surface area contributed by atoms with Crippen LogP contribution in [-0.4, -0.2) is 23.2 Å². The molecule has 6 heteroatoms. The Hall–Kier alpha value is -3.28. The van der Waals surface area contributed by atoms with Crippen LogP contribution < -0.4 is 20.1 Å². The molecule has 2 aromatic carbocycles. The molecular formula is C21H24N4O2. The summed E-state index contributed by atoms with van der Waals surface area (Å²) < 4.78 is 11.1. The van der Waals surface area contributed by atoms with Gasteiger partial charge in [-0.15, -0.1) is 0 Å². The van der Waals surface area contributed by atoms with Crippen molar-refractivity contribution in [2.45, 2.75) is 26.9 Å². The number of methoxy groups -OCH3 is 1. The first-order chi connectivity index (χ1) is 13.0. The predicted octanol–water partition coefficient (Wildman–Crippen LogP) is 5.07. The van der Waals surface area contributed by atoms with E-state index in [1.165, 1.54) is 0 Å². The highest BCUT2D eigenvalue weighted by molar-refractivity contribution is 5.66. The smallest absolute Gasteiger partial charge is 0.229 e. The van der Waals surface area contributed by atoms with E-state index in [4.69, 9.17) is 9.47 Å². The van der Waals surface area contributed by atoms with Crippen LogP contribution >= 0.6 is 0 Å². The molecule has 1 heterocycles. The maximum absolute atomic E-state index is 5.66. The van der Waals surface area contributed by atoms with Crippen molar-refractivity contribution in [2.75, 3.05) is 17.7 Å². The van der Waals surface area contributed by atoms with Crippen LogP contribution in [0.4, 0.5) is 23.1 Å². The van der Waals surface area contributed by atoms with Crippen LogP contribution in [0.3, 0.4) is 0 Å². The summed E-state index contributed by atoms with van der Waals surface area (Å²) in [4.78, 5) is 8.80. The molecule has 0 aliphatic heterocycles. The number of nitrogens with one attached hydrogen (secondary N) is 2. The zero-order chi connectivity index (χ0) is 19.2. The Bertz CT molecular complexity index is 895. The van der Waals surface area contributed by atoms with Crippen molar-refractivity contribution < 1.29 is 9.47 Å². The summed E-state index contributed by atoms with van der Waals surface area (Å²) >= 11 is 0. The molecule has 0 aliphatic carbocycles. The number of benzene rings is 2. The maximum Gasteiger partial charge on any atom is 0.229 e. The number of rotatable bonds is 7. The van der Waals surface area contributed by atoms with Gasteiger partial charge < -0.3 is 20.1 Å². The average molecular weight is 364 g/mol. The Morgan fingerprint density at radius 2 is 1.74 bits per heavy atom. The van der Waals surface area contributed by atoms with Crippen LogP contribution in [0.15, 0.2) is 54.7 Å². The summed E-state index contributed by atoms with van der Waals surface area (Å²) in [5.74, 6) is 2.77. The molecule has 0 saturated heterocycles. The van der Waals surface area contributed by atoms with E-state index < -0.39 is 0 Å². The van der Waals surface area contributed by atoms with Crippen molar-refractivity contribution in [1.82, 2.24) is 9.97 Å². The lowest BCUT2D eigenvalue weighted by Crippen LogP contribution is -2.05. The van der Waals surface area contributed by atoms with Gasteiger partial charge >= 0.3 is 0 Å². The van der Waals surface area contributed by atoms with Crippen molar-refractivity contribution in [3.8, 4) is 11.5 Å². The fourth-order valence-corrected chi connectivity index (χ4v) is 2.56. The summed E-state index contributed by atoms with van der Waals surface area (Å²) in [5.41, 5.74) is 2.88. The Kier molecular flexibility index (Phi) is 5.76. The largest absolute Gasteiger partial charge is 0.495 e. The number of hydrogen-bond acceptors (Lipinski definition) is 6. The van der Waals surface area contributed by atoms with Crippen LogP contribution in [0.5, 0.6) is 11.5 Å². The molecule has 1 aromatic heterocycles. The van der Waals surface area contributed by atoms with Crippen molar-refractivity contribution in [2.24, 2.45) is 0 Å². The van der Waals surface area contributed by atoms with Gasteiger partial charge in [-0.05, 0) is 68.8 Å². The number of aromatic nitrogens is 2. The highest BCUT2D eigenvalue weighted by atomic mass is 16.5. The number of nitrogens with zero attached hydrogens (tertiary/aromatic N) is 2. The van der Waals surface area contributed by atoms with Gasteiger partial charge in [-0.1, -0.05) is 6.07 Å². The summed E-state index contributed by atoms with van der Waals surface area (Å²) in [7, 11) is 1.65. The average Bonchev–Trinajstić information content (AvgIpc) is 2.63. The first-order valence-corrected chi connectivity index (χ1v) is 8.82. The minimum absolute atomic E-state index is 0.147. The second kappa shape index (κ2) is 8.40. The van der Waals surface area contributed by atoms with Crippen LogP contribution in [0.1, 0.15) is 19.4 Å². The third-order valence-electron chi connectivity index (χ3n) is 3.76. The minimum atomic E-state index is 0.147. The van der Waals surface area contributed by atoms with Crippen molar-refractivity contribution >= 4 is 23.1 Å². The van der Waals surface area contributed by atoms with Gasteiger partial charge in [0.25, 0.3) is 0 Å². The molecule has 6 nitrogen and oxygen atoms in total. The van der Waals surface area contributed by atoms with Gasteiger partial charge in [-0.2, -0.15) is 4.98 Å². The number of aryl methyl sites for hydroxylation is 1. The van der Waals surface area contributed by atoms with Crippen LogP contribution in [0.25, 0.3) is 0 Å². The number of hydrogen-bond donors (Lipinski definition) is 2. The van der Waals surface area contributed by atoms with Crippen molar-refractivity contribution in [3.63, 3.8) is 0 Å². The van der Waals surface area contributed by atoms with E-state index in [1.807, 2.05) is 69.3 Å². The number of anilines is 4. The standard InChI is InChI=1S/C21H24N4O2/c1-14(2)27-17-8-6-16(7-9-17)23-21-22-12-11-20(25-21)24-18-13-15(3)5-10-19(18)26-4/h5-14H,1-4H3,(H2,22,23,24,25). The Balaban J connectivity index is 1.73. The third-order valence-corrected chi connectivity index (χ3v) is 3.76. The maximum atomic E-state index is 5.66. The second-order valence-electron chi connectivity index (χ2n) is 6.41.